The molecule has 0 aromatic heterocycles. The summed E-state index contributed by atoms with van der Waals surface area (Å²) in [5, 5.41) is 15.6. The van der Waals surface area contributed by atoms with Gasteiger partial charge in [0.2, 0.25) is 15.7 Å². The number of fused-ring (bicyclic) bond motifs is 1. The molecule has 0 radical (unpaired) electrons. The molecule has 13 nitrogen and oxygen atoms in total. The number of carbonyl (C=O) groups excluding carboxylic acids is 1. The van der Waals surface area contributed by atoms with Crippen molar-refractivity contribution in [2.24, 2.45) is 11.1 Å². The number of rotatable bonds is 9. The van der Waals surface area contributed by atoms with E-state index >= 15 is 0 Å². The largest absolute Gasteiger partial charge is 0.489 e. The Labute approximate surface area is 317 Å². The lowest BCUT2D eigenvalue weighted by Crippen LogP contribution is -2.54. The summed E-state index contributed by atoms with van der Waals surface area (Å²) in [6, 6.07) is 16.7. The molecule has 1 spiro atoms. The van der Waals surface area contributed by atoms with Crippen molar-refractivity contribution >= 4 is 32.8 Å². The summed E-state index contributed by atoms with van der Waals surface area (Å²) in [7, 11) is -2.35. The first kappa shape index (κ1) is 36.7. The van der Waals surface area contributed by atoms with Crippen LogP contribution in [0.3, 0.4) is 0 Å². The third kappa shape index (κ3) is 6.93. The maximum absolute atomic E-state index is 14.3. The zero-order valence-electron chi connectivity index (χ0n) is 31.2. The van der Waals surface area contributed by atoms with Gasteiger partial charge in [0.1, 0.15) is 6.61 Å². The first-order valence-electron chi connectivity index (χ1n) is 19.3. The van der Waals surface area contributed by atoms with Crippen molar-refractivity contribution in [3.63, 3.8) is 0 Å². The maximum Gasteiger partial charge on any atom is 0.297 e. The molecule has 288 valence electrons. The average Bonchev–Trinajstić information content (AvgIpc) is 3.63. The van der Waals surface area contributed by atoms with E-state index in [0.29, 0.717) is 24.3 Å². The molecule has 4 fully saturated rings. The summed E-state index contributed by atoms with van der Waals surface area (Å²) in [6.07, 6.45) is 6.78. The summed E-state index contributed by atoms with van der Waals surface area (Å²) >= 11 is 0. The Morgan fingerprint density at radius 3 is 2.46 bits per heavy atom. The molecule has 3 aromatic carbocycles. The van der Waals surface area contributed by atoms with Gasteiger partial charge in [-0.05, 0) is 93.8 Å². The first-order valence-corrected chi connectivity index (χ1v) is 20.8. The van der Waals surface area contributed by atoms with Gasteiger partial charge in [-0.1, -0.05) is 24.3 Å². The predicted octanol–water partition coefficient (Wildman–Crippen LogP) is 4.84. The number of hydrogen-bond donors (Lipinski definition) is 2. The van der Waals surface area contributed by atoms with Gasteiger partial charge in [0.05, 0.1) is 26.3 Å². The molecule has 4 heterocycles. The Hall–Kier alpha value is -4.24. The van der Waals surface area contributed by atoms with Crippen LogP contribution in [0.5, 0.6) is 5.75 Å². The third-order valence-electron chi connectivity index (χ3n) is 12.8. The average molecular weight is 758 g/mol. The van der Waals surface area contributed by atoms with Crippen LogP contribution in [0.25, 0.3) is 0 Å². The van der Waals surface area contributed by atoms with Crippen molar-refractivity contribution in [1.29, 1.82) is 0 Å². The van der Waals surface area contributed by atoms with E-state index in [-0.39, 0.29) is 44.9 Å². The Bertz CT molecular complexity index is 2040. The van der Waals surface area contributed by atoms with E-state index in [1.165, 1.54) is 55.0 Å². The highest BCUT2D eigenvalue weighted by Crippen LogP contribution is 2.54. The second-order valence-electron chi connectivity index (χ2n) is 16.2. The highest BCUT2D eigenvalue weighted by Gasteiger charge is 2.50. The summed E-state index contributed by atoms with van der Waals surface area (Å²) in [5.74, 6) is -0.797. The molecule has 0 bridgehead atoms. The van der Waals surface area contributed by atoms with Gasteiger partial charge in [-0.3, -0.25) is 24.7 Å². The van der Waals surface area contributed by atoms with E-state index in [2.05, 4.69) is 63.2 Å². The van der Waals surface area contributed by atoms with Crippen LogP contribution in [0.4, 0.5) is 17.1 Å². The van der Waals surface area contributed by atoms with Crippen LogP contribution in [0, 0.1) is 22.5 Å². The van der Waals surface area contributed by atoms with Gasteiger partial charge in [0.15, 0.2) is 11.4 Å². The smallest absolute Gasteiger partial charge is 0.297 e. The first-order chi connectivity index (χ1) is 25.9. The summed E-state index contributed by atoms with van der Waals surface area (Å²) < 4.78 is 34.7. The number of sulfone groups is 1. The van der Waals surface area contributed by atoms with Gasteiger partial charge in [0.25, 0.3) is 5.69 Å². The molecule has 1 aliphatic carbocycles. The molecule has 5 aliphatic rings. The number of nitro benzene ring substituents is 1. The number of likely N-dealkylation sites (N-methyl/N-ethyl adjacent to an activating group) is 1. The van der Waals surface area contributed by atoms with E-state index < -0.39 is 26.4 Å². The van der Waals surface area contributed by atoms with Crippen molar-refractivity contribution in [2.45, 2.75) is 73.4 Å². The zero-order valence-corrected chi connectivity index (χ0v) is 32.0. The molecule has 3 N–H and O–H groups in total. The van der Waals surface area contributed by atoms with Gasteiger partial charge in [0, 0.05) is 75.7 Å². The number of hydrogen-bond acceptors (Lipinski definition) is 11. The van der Waals surface area contributed by atoms with Crippen LogP contribution >= 0.6 is 0 Å². The number of nitrogens with zero attached hydrogens (tertiary/aromatic N) is 5. The molecule has 2 unspecified atom stereocenters. The lowest BCUT2D eigenvalue weighted by molar-refractivity contribution is -0.384. The van der Waals surface area contributed by atoms with Crippen LogP contribution in [-0.4, -0.2) is 112 Å². The summed E-state index contributed by atoms with van der Waals surface area (Å²) in [5.41, 5.74) is 9.09. The number of benzene rings is 3. The van der Waals surface area contributed by atoms with Gasteiger partial charge < -0.3 is 25.6 Å². The van der Waals surface area contributed by atoms with Gasteiger partial charge in [-0.15, -0.1) is 0 Å². The number of anilines is 2. The van der Waals surface area contributed by atoms with Crippen molar-refractivity contribution in [3.8, 4) is 5.75 Å². The molecule has 1 amide bonds. The lowest BCUT2D eigenvalue weighted by Gasteiger charge is -2.56. The van der Waals surface area contributed by atoms with Crippen molar-refractivity contribution < 1.29 is 22.9 Å². The molecule has 4 aliphatic heterocycles. The maximum atomic E-state index is 14.3. The van der Waals surface area contributed by atoms with Crippen LogP contribution < -0.4 is 20.7 Å². The van der Waals surface area contributed by atoms with E-state index in [9.17, 15) is 23.3 Å². The van der Waals surface area contributed by atoms with Gasteiger partial charge >= 0.3 is 0 Å². The minimum absolute atomic E-state index is 0.0912. The fourth-order valence-electron chi connectivity index (χ4n) is 9.61. The van der Waals surface area contributed by atoms with Crippen molar-refractivity contribution in [2.75, 3.05) is 76.2 Å². The minimum Gasteiger partial charge on any atom is -0.489 e. The normalized spacial score (nSPS) is 23.7. The van der Waals surface area contributed by atoms with E-state index in [1.54, 1.807) is 6.07 Å². The number of amides is 1. The highest BCUT2D eigenvalue weighted by molar-refractivity contribution is 7.91. The molecule has 1 saturated carbocycles. The van der Waals surface area contributed by atoms with Crippen LogP contribution in [0.15, 0.2) is 64.4 Å². The fraction of sp³-hybridized carbons (Fsp3) is 0.525. The number of nitrogens with two attached hydrogens (primary N) is 1. The van der Waals surface area contributed by atoms with Crippen molar-refractivity contribution in [3.05, 3.63) is 81.4 Å². The second-order valence-corrected chi connectivity index (χ2v) is 18.1. The molecule has 54 heavy (non-hydrogen) atoms. The molecule has 14 heteroatoms. The number of likely N-dealkylation sites (tertiary alicyclic amines) is 1. The topological polar surface area (TPSA) is 155 Å². The number of ether oxygens (including phenoxy) is 1. The number of piperidine rings is 1. The number of primary amides is 1. The van der Waals surface area contributed by atoms with Crippen LogP contribution in [-0.2, 0) is 9.84 Å². The Morgan fingerprint density at radius 2 is 1.76 bits per heavy atom. The molecule has 8 rings (SSSR count). The third-order valence-corrected chi connectivity index (χ3v) is 14.6. The quantitative estimate of drug-likeness (QED) is 0.228. The van der Waals surface area contributed by atoms with Crippen molar-refractivity contribution in [1.82, 2.24) is 14.7 Å². The van der Waals surface area contributed by atoms with Gasteiger partial charge in [-0.2, -0.15) is 0 Å². The summed E-state index contributed by atoms with van der Waals surface area (Å²) in [4.78, 5) is 33.2. The Balaban J connectivity index is 0.980. The Morgan fingerprint density at radius 1 is 1.02 bits per heavy atom. The summed E-state index contributed by atoms with van der Waals surface area (Å²) in [6.45, 7) is 9.40. The standard InChI is InChI=1S/C40H51N7O6S/c1-27-6-3-4-7-32(27)34-8-5-13-46(34)30-23-40(24-30)11-14-45(15-12-40)29-9-10-33(39(41)48)37(20-29)54(51,52)31-21-35(47(49)50)38-36(22-31)53-26-28(42-38)25-44-18-16-43(2)17-19-44/h3-4,6-7,9-10,20-22,28,30,34,42H,5,8,11-19,23-26H2,1-2H3,(H2,41,48). The second kappa shape index (κ2) is 14.4. The van der Waals surface area contributed by atoms with E-state index in [1.807, 2.05) is 0 Å². The van der Waals surface area contributed by atoms with Gasteiger partial charge in [-0.25, -0.2) is 8.42 Å². The van der Waals surface area contributed by atoms with E-state index in [4.69, 9.17) is 10.5 Å². The molecule has 2 atom stereocenters. The molecular weight excluding hydrogens is 707 g/mol. The number of carbonyl (C=O) groups is 1. The fourth-order valence-corrected chi connectivity index (χ4v) is 11.1. The predicted molar refractivity (Wildman–Crippen MR) is 207 cm³/mol. The SMILES string of the molecule is Cc1ccccc1C1CCCN1C1CC2(CCN(c3ccc(C(N)=O)c(S(=O)(=O)c4cc5c(c([N+](=O)[O-])c4)NC(CN4CCN(C)CC4)CO5)c3)CC2)C1. The molecular formula is C40H51N7O6S. The van der Waals surface area contributed by atoms with Crippen LogP contribution in [0.2, 0.25) is 0 Å². The number of nitrogens with one attached hydrogen (secondary N) is 1. The molecule has 3 aromatic rings. The van der Waals surface area contributed by atoms with Crippen LogP contribution in [0.1, 0.15) is 66.1 Å². The molecule has 3 saturated heterocycles. The highest BCUT2D eigenvalue weighted by atomic mass is 32.2. The monoisotopic (exact) mass is 757 g/mol. The minimum atomic E-state index is -4.43. The number of nitro groups is 1. The number of piperazine rings is 1. The lowest BCUT2D eigenvalue weighted by atomic mass is 9.59. The zero-order chi connectivity index (χ0) is 37.8. The Kier molecular flexibility index (Phi) is 9.82. The number of aryl methyl sites for hydroxylation is 1. The van der Waals surface area contributed by atoms with E-state index in [0.717, 1.165) is 64.7 Å².